The van der Waals surface area contributed by atoms with Crippen molar-refractivity contribution in [3.05, 3.63) is 120 Å². The minimum atomic E-state index is 0.0629. The summed E-state index contributed by atoms with van der Waals surface area (Å²) < 4.78 is 2.11. The summed E-state index contributed by atoms with van der Waals surface area (Å²) in [4.78, 5) is 22.7. The fraction of sp³-hybridized carbons (Fsp3) is 0.188. The molecule has 4 aromatic carbocycles. The van der Waals surface area contributed by atoms with E-state index in [1.165, 1.54) is 5.56 Å². The molecule has 0 fully saturated rings. The normalized spacial score (nSPS) is 13.4. The van der Waals surface area contributed by atoms with Gasteiger partial charge in [0.25, 0.3) is 5.91 Å². The van der Waals surface area contributed by atoms with E-state index in [2.05, 4.69) is 69.0 Å². The fourth-order valence-electron chi connectivity index (χ4n) is 5.41. The monoisotopic (exact) mass is 501 g/mol. The third kappa shape index (κ3) is 4.66. The van der Waals surface area contributed by atoms with Gasteiger partial charge in [-0.05, 0) is 45.7 Å². The lowest BCUT2D eigenvalue weighted by molar-refractivity contribution is 0.0753. The number of rotatable bonds is 6. The highest BCUT2D eigenvalue weighted by Gasteiger charge is 2.26. The molecule has 0 radical (unpaired) electrons. The zero-order chi connectivity index (χ0) is 25.9. The Hall–Kier alpha value is -4.42. The third-order valence-electron chi connectivity index (χ3n) is 7.36. The van der Waals surface area contributed by atoms with Crippen molar-refractivity contribution in [2.75, 3.05) is 24.5 Å². The zero-order valence-corrected chi connectivity index (χ0v) is 21.3. The van der Waals surface area contributed by atoms with Crippen molar-refractivity contribution >= 4 is 22.4 Å². The van der Waals surface area contributed by atoms with E-state index < -0.39 is 0 Å². The van der Waals surface area contributed by atoms with Gasteiger partial charge in [-0.3, -0.25) is 4.79 Å². The molecule has 0 saturated carbocycles. The molecule has 6 rings (SSSR count). The lowest BCUT2D eigenvalue weighted by Gasteiger charge is -2.25. The number of nitrogens with zero attached hydrogens (tertiary/aromatic N) is 4. The average molecular weight is 502 g/mol. The molecule has 0 saturated heterocycles. The summed E-state index contributed by atoms with van der Waals surface area (Å²) in [5.74, 6) is 0.0629. The molecule has 1 amide bonds. The first kappa shape index (κ1) is 23.9. The van der Waals surface area contributed by atoms with Gasteiger partial charge in [0.05, 0.1) is 18.6 Å². The maximum Gasteiger partial charge on any atom is 0.254 e. The third-order valence-corrected chi connectivity index (χ3v) is 7.36. The maximum atomic E-state index is 14.0. The molecule has 0 unspecified atom stereocenters. The van der Waals surface area contributed by atoms with Crippen molar-refractivity contribution in [1.82, 2.24) is 14.5 Å². The molecule has 2 heterocycles. The first-order valence-electron chi connectivity index (χ1n) is 13.1. The summed E-state index contributed by atoms with van der Waals surface area (Å²) in [5.41, 5.74) is 12.3. The highest BCUT2D eigenvalue weighted by Crippen LogP contribution is 2.32. The number of fused-ring (bicyclic) bond motifs is 2. The van der Waals surface area contributed by atoms with Crippen molar-refractivity contribution in [1.29, 1.82) is 0 Å². The Morgan fingerprint density at radius 2 is 1.68 bits per heavy atom. The number of hydrogen-bond donors (Lipinski definition) is 1. The van der Waals surface area contributed by atoms with E-state index in [0.29, 0.717) is 26.2 Å². The summed E-state index contributed by atoms with van der Waals surface area (Å²) in [6.07, 6.45) is 3.76. The SMILES string of the molecule is NCCn1cncc1CN1CCN(C(=O)c2cccc3ccccc23)Cc2cc(-c3ccccc3)ccc21. The van der Waals surface area contributed by atoms with Gasteiger partial charge in [0.1, 0.15) is 0 Å². The molecule has 0 aliphatic carbocycles. The van der Waals surface area contributed by atoms with Crippen LogP contribution in [-0.2, 0) is 19.6 Å². The molecule has 1 aromatic heterocycles. The Labute approximate surface area is 222 Å². The number of anilines is 1. The highest BCUT2D eigenvalue weighted by molar-refractivity contribution is 6.07. The first-order valence-corrected chi connectivity index (χ1v) is 13.1. The summed E-state index contributed by atoms with van der Waals surface area (Å²) in [6, 6.07) is 31.1. The van der Waals surface area contributed by atoms with Crippen LogP contribution >= 0.6 is 0 Å². The van der Waals surface area contributed by atoms with Crippen molar-refractivity contribution < 1.29 is 4.79 Å². The van der Waals surface area contributed by atoms with E-state index in [0.717, 1.165) is 51.9 Å². The van der Waals surface area contributed by atoms with Gasteiger partial charge in [0.2, 0.25) is 0 Å². The van der Waals surface area contributed by atoms with Crippen molar-refractivity contribution in [2.45, 2.75) is 19.6 Å². The first-order chi connectivity index (χ1) is 18.7. The Bertz CT molecular complexity index is 1570. The molecule has 190 valence electrons. The molecular weight excluding hydrogens is 470 g/mol. The smallest absolute Gasteiger partial charge is 0.254 e. The molecule has 38 heavy (non-hydrogen) atoms. The summed E-state index contributed by atoms with van der Waals surface area (Å²) in [7, 11) is 0. The predicted molar refractivity (Wildman–Crippen MR) is 153 cm³/mol. The quantitative estimate of drug-likeness (QED) is 0.342. The molecule has 0 spiro atoms. The molecular formula is C32H31N5O. The minimum Gasteiger partial charge on any atom is -0.364 e. The van der Waals surface area contributed by atoms with Crippen LogP contribution in [-0.4, -0.2) is 40.0 Å². The Morgan fingerprint density at radius 3 is 2.55 bits per heavy atom. The summed E-state index contributed by atoms with van der Waals surface area (Å²) in [5, 5.41) is 2.07. The fourth-order valence-corrected chi connectivity index (χ4v) is 5.41. The number of carbonyl (C=O) groups is 1. The van der Waals surface area contributed by atoms with Crippen LogP contribution < -0.4 is 10.6 Å². The van der Waals surface area contributed by atoms with Crippen LogP contribution in [0.15, 0.2) is 104 Å². The molecule has 1 aliphatic rings. The van der Waals surface area contributed by atoms with E-state index in [1.807, 2.05) is 53.8 Å². The second-order valence-corrected chi connectivity index (χ2v) is 9.75. The van der Waals surface area contributed by atoms with Crippen LogP contribution in [0.4, 0.5) is 5.69 Å². The maximum absolute atomic E-state index is 14.0. The van der Waals surface area contributed by atoms with E-state index in [9.17, 15) is 4.79 Å². The molecule has 6 nitrogen and oxygen atoms in total. The Morgan fingerprint density at radius 1 is 0.868 bits per heavy atom. The molecule has 2 N–H and O–H groups in total. The van der Waals surface area contributed by atoms with Crippen LogP contribution in [0.2, 0.25) is 0 Å². The molecule has 5 aromatic rings. The lowest BCUT2D eigenvalue weighted by Crippen LogP contribution is -2.35. The minimum absolute atomic E-state index is 0.0629. The van der Waals surface area contributed by atoms with Crippen molar-refractivity contribution in [3.8, 4) is 11.1 Å². The number of hydrogen-bond acceptors (Lipinski definition) is 4. The second kappa shape index (κ2) is 10.5. The number of nitrogens with two attached hydrogens (primary N) is 1. The number of imidazole rings is 1. The van der Waals surface area contributed by atoms with Crippen molar-refractivity contribution in [3.63, 3.8) is 0 Å². The van der Waals surface area contributed by atoms with Gasteiger partial charge in [0.15, 0.2) is 0 Å². The van der Waals surface area contributed by atoms with Crippen LogP contribution in [0, 0.1) is 0 Å². The number of aromatic nitrogens is 2. The number of benzene rings is 4. The summed E-state index contributed by atoms with van der Waals surface area (Å²) in [6.45, 7) is 3.90. The molecule has 0 bridgehead atoms. The van der Waals surface area contributed by atoms with Crippen LogP contribution in [0.3, 0.4) is 0 Å². The van der Waals surface area contributed by atoms with Gasteiger partial charge in [0, 0.05) is 50.2 Å². The number of carbonyl (C=O) groups excluding carboxylic acids is 1. The summed E-state index contributed by atoms with van der Waals surface area (Å²) >= 11 is 0. The van der Waals surface area contributed by atoms with Gasteiger partial charge in [-0.2, -0.15) is 0 Å². The highest BCUT2D eigenvalue weighted by atomic mass is 16.2. The molecule has 0 atom stereocenters. The Kier molecular flexibility index (Phi) is 6.63. The van der Waals surface area contributed by atoms with Gasteiger partial charge in [-0.1, -0.05) is 72.8 Å². The van der Waals surface area contributed by atoms with E-state index in [1.54, 1.807) is 0 Å². The lowest BCUT2D eigenvalue weighted by atomic mass is 10.0. The standard InChI is InChI=1S/C32H31N5O/c33-15-16-37-23-34-20-28(37)22-35-17-18-36(32(38)30-12-6-10-25-9-4-5-11-29(25)30)21-27-19-26(13-14-31(27)35)24-7-2-1-3-8-24/h1-14,19-20,23H,15-18,21-22,33H2. The van der Waals surface area contributed by atoms with Crippen LogP contribution in [0.5, 0.6) is 0 Å². The van der Waals surface area contributed by atoms with E-state index in [4.69, 9.17) is 5.73 Å². The second-order valence-electron chi connectivity index (χ2n) is 9.75. The Balaban J connectivity index is 1.38. The zero-order valence-electron chi connectivity index (χ0n) is 21.3. The van der Waals surface area contributed by atoms with Crippen molar-refractivity contribution in [2.24, 2.45) is 5.73 Å². The van der Waals surface area contributed by atoms with Crippen LogP contribution in [0.1, 0.15) is 21.6 Å². The topological polar surface area (TPSA) is 67.4 Å². The van der Waals surface area contributed by atoms with Gasteiger partial charge in [-0.25, -0.2) is 4.98 Å². The average Bonchev–Trinajstić information content (AvgIpc) is 3.32. The van der Waals surface area contributed by atoms with Gasteiger partial charge in [-0.15, -0.1) is 0 Å². The van der Waals surface area contributed by atoms with Gasteiger partial charge < -0.3 is 20.1 Å². The number of amides is 1. The van der Waals surface area contributed by atoms with E-state index >= 15 is 0 Å². The van der Waals surface area contributed by atoms with E-state index in [-0.39, 0.29) is 5.91 Å². The van der Waals surface area contributed by atoms with Gasteiger partial charge >= 0.3 is 0 Å². The largest absolute Gasteiger partial charge is 0.364 e. The van der Waals surface area contributed by atoms with Crippen LogP contribution in [0.25, 0.3) is 21.9 Å². The molecule has 1 aliphatic heterocycles. The molecule has 6 heteroatoms. The predicted octanol–water partition coefficient (Wildman–Crippen LogP) is 5.32.